The van der Waals surface area contributed by atoms with Crippen molar-refractivity contribution in [3.63, 3.8) is 0 Å². The van der Waals surface area contributed by atoms with Crippen LogP contribution in [0.3, 0.4) is 0 Å². The Bertz CT molecular complexity index is 1370. The predicted molar refractivity (Wildman–Crippen MR) is 159 cm³/mol. The minimum atomic E-state index is -4.75. The van der Waals surface area contributed by atoms with Gasteiger partial charge in [-0.2, -0.15) is 18.4 Å². The van der Waals surface area contributed by atoms with E-state index in [0.29, 0.717) is 63.3 Å². The zero-order chi connectivity index (χ0) is 32.4. The van der Waals surface area contributed by atoms with Gasteiger partial charge in [0.15, 0.2) is 0 Å². The maximum Gasteiger partial charge on any atom is 0.451 e. The van der Waals surface area contributed by atoms with Crippen LogP contribution in [-0.2, 0) is 31.7 Å². The van der Waals surface area contributed by atoms with Gasteiger partial charge >= 0.3 is 12.1 Å². The molecule has 11 nitrogen and oxygen atoms in total. The number of carbonyl (C=O) groups is 3. The van der Waals surface area contributed by atoms with E-state index in [4.69, 9.17) is 5.26 Å². The van der Waals surface area contributed by atoms with Crippen LogP contribution in [0.1, 0.15) is 61.9 Å². The van der Waals surface area contributed by atoms with Crippen LogP contribution >= 0.6 is 0 Å². The zero-order valence-electron chi connectivity index (χ0n) is 25.2. The molecule has 2 saturated heterocycles. The van der Waals surface area contributed by atoms with Crippen LogP contribution < -0.4 is 20.4 Å². The first-order chi connectivity index (χ1) is 21.6. The maximum absolute atomic E-state index is 13.9. The summed E-state index contributed by atoms with van der Waals surface area (Å²) in [5, 5.41) is 14.4. The molecule has 45 heavy (non-hydrogen) atoms. The number of alkyl halides is 3. The van der Waals surface area contributed by atoms with Crippen molar-refractivity contribution in [1.82, 2.24) is 20.6 Å². The number of ether oxygens (including phenoxy) is 1. The van der Waals surface area contributed by atoms with Crippen molar-refractivity contribution in [3.8, 4) is 6.07 Å². The summed E-state index contributed by atoms with van der Waals surface area (Å²) in [4.78, 5) is 47.4. The standard InChI is InChI=1S/C31H38F3N7O4/c1-45-28(43)20-37-27(42)6-2-4-21-12-16-40(17-13-21)25-18-26(39-30(38-25)31(32,33)34)41-15-3-5-24(41)29(44)36-14-11-22-7-9-23(19-35)10-8-22/h7-10,18,21,24H,2-6,11-17,20H2,1H3,(H,36,44)(H,37,42)/t24-/m0/s1. The number of hydrogen-bond acceptors (Lipinski definition) is 9. The van der Waals surface area contributed by atoms with Gasteiger partial charge in [0.25, 0.3) is 0 Å². The Labute approximate surface area is 260 Å². The highest BCUT2D eigenvalue weighted by Gasteiger charge is 2.39. The minimum absolute atomic E-state index is 0.0807. The highest BCUT2D eigenvalue weighted by molar-refractivity contribution is 5.85. The SMILES string of the molecule is COC(=O)CNC(=O)CCCC1CCN(c2cc(N3CCC[C@H]3C(=O)NCCc3ccc(C#N)cc3)nc(C(F)(F)F)n2)CC1. The maximum atomic E-state index is 13.9. The monoisotopic (exact) mass is 629 g/mol. The van der Waals surface area contributed by atoms with Gasteiger partial charge in [-0.15, -0.1) is 0 Å². The molecule has 1 aromatic heterocycles. The summed E-state index contributed by atoms with van der Waals surface area (Å²) in [5.74, 6) is -1.68. The van der Waals surface area contributed by atoms with Crippen molar-refractivity contribution in [2.75, 3.05) is 49.6 Å². The highest BCUT2D eigenvalue weighted by atomic mass is 19.4. The summed E-state index contributed by atoms with van der Waals surface area (Å²) in [6.45, 7) is 1.59. The third-order valence-corrected chi connectivity index (χ3v) is 8.21. The van der Waals surface area contributed by atoms with Crippen molar-refractivity contribution >= 4 is 29.4 Å². The molecule has 0 spiro atoms. The van der Waals surface area contributed by atoms with E-state index in [9.17, 15) is 27.6 Å². The van der Waals surface area contributed by atoms with Gasteiger partial charge in [0.1, 0.15) is 24.2 Å². The highest BCUT2D eigenvalue weighted by Crippen LogP contribution is 2.34. The number of carbonyl (C=O) groups excluding carboxylic acids is 3. The van der Waals surface area contributed by atoms with Crippen LogP contribution in [0, 0.1) is 17.2 Å². The lowest BCUT2D eigenvalue weighted by molar-refractivity contribution is -0.144. The number of nitrogens with one attached hydrogen (secondary N) is 2. The van der Waals surface area contributed by atoms with E-state index in [-0.39, 0.29) is 36.4 Å². The van der Waals surface area contributed by atoms with Crippen LogP contribution in [0.25, 0.3) is 0 Å². The number of halogens is 3. The predicted octanol–water partition coefficient (Wildman–Crippen LogP) is 3.37. The molecule has 2 fully saturated rings. The summed E-state index contributed by atoms with van der Waals surface area (Å²) in [5.41, 5.74) is 1.50. The number of aromatic nitrogens is 2. The topological polar surface area (TPSA) is 141 Å². The molecule has 0 radical (unpaired) electrons. The molecule has 0 bridgehead atoms. The summed E-state index contributed by atoms with van der Waals surface area (Å²) in [6.07, 6.45) is 0.112. The zero-order valence-corrected chi connectivity index (χ0v) is 25.2. The lowest BCUT2D eigenvalue weighted by Gasteiger charge is -2.34. The molecule has 14 heteroatoms. The average molecular weight is 630 g/mol. The molecule has 0 saturated carbocycles. The van der Waals surface area contributed by atoms with Crippen LogP contribution in [-0.4, -0.2) is 73.6 Å². The fourth-order valence-corrected chi connectivity index (χ4v) is 5.70. The number of benzene rings is 1. The lowest BCUT2D eigenvalue weighted by atomic mass is 9.91. The second-order valence-electron chi connectivity index (χ2n) is 11.3. The quantitative estimate of drug-likeness (QED) is 0.338. The minimum Gasteiger partial charge on any atom is -0.468 e. The molecular formula is C31H38F3N7O4. The molecule has 2 aliphatic heterocycles. The first kappa shape index (κ1) is 33.5. The van der Waals surface area contributed by atoms with Gasteiger partial charge < -0.3 is 25.2 Å². The van der Waals surface area contributed by atoms with Gasteiger partial charge in [-0.05, 0) is 68.6 Å². The molecule has 3 heterocycles. The first-order valence-corrected chi connectivity index (χ1v) is 15.2. The molecule has 2 N–H and O–H groups in total. The van der Waals surface area contributed by atoms with Crippen molar-refractivity contribution in [1.29, 1.82) is 5.26 Å². The third kappa shape index (κ3) is 9.54. The number of rotatable bonds is 12. The normalized spacial score (nSPS) is 17.1. The number of anilines is 2. The fourth-order valence-electron chi connectivity index (χ4n) is 5.70. The molecule has 0 aliphatic carbocycles. The number of nitrogens with zero attached hydrogens (tertiary/aromatic N) is 5. The number of hydrogen-bond donors (Lipinski definition) is 2. The third-order valence-electron chi connectivity index (χ3n) is 8.21. The summed E-state index contributed by atoms with van der Waals surface area (Å²) in [6, 6.07) is 10.0. The number of piperidine rings is 1. The van der Waals surface area contributed by atoms with E-state index < -0.39 is 24.0 Å². The van der Waals surface area contributed by atoms with E-state index in [1.807, 2.05) is 17.0 Å². The molecule has 2 aromatic rings. The Balaban J connectivity index is 1.34. The molecule has 4 rings (SSSR count). The van der Waals surface area contributed by atoms with Gasteiger partial charge in [-0.3, -0.25) is 14.4 Å². The Hall–Kier alpha value is -4.41. The van der Waals surface area contributed by atoms with Gasteiger partial charge in [0.2, 0.25) is 17.6 Å². The summed E-state index contributed by atoms with van der Waals surface area (Å²) in [7, 11) is 1.25. The Morgan fingerprint density at radius 1 is 1.04 bits per heavy atom. The van der Waals surface area contributed by atoms with Gasteiger partial charge in [-0.25, -0.2) is 9.97 Å². The van der Waals surface area contributed by atoms with E-state index in [2.05, 4.69) is 31.4 Å². The Kier molecular flexibility index (Phi) is 11.6. The smallest absolute Gasteiger partial charge is 0.451 e. The van der Waals surface area contributed by atoms with E-state index >= 15 is 0 Å². The van der Waals surface area contributed by atoms with Crippen LogP contribution in [0.5, 0.6) is 0 Å². The molecule has 2 amide bonds. The van der Waals surface area contributed by atoms with E-state index in [1.165, 1.54) is 7.11 Å². The second kappa shape index (κ2) is 15.5. The van der Waals surface area contributed by atoms with Gasteiger partial charge in [0, 0.05) is 38.7 Å². The molecule has 242 valence electrons. The molecule has 0 unspecified atom stereocenters. The molecule has 1 atom stereocenters. The number of amides is 2. The Morgan fingerprint density at radius 3 is 2.42 bits per heavy atom. The number of nitriles is 1. The second-order valence-corrected chi connectivity index (χ2v) is 11.3. The molecular weight excluding hydrogens is 591 g/mol. The van der Waals surface area contributed by atoms with Crippen LogP contribution in [0.15, 0.2) is 30.3 Å². The van der Waals surface area contributed by atoms with Crippen molar-refractivity contribution in [2.24, 2.45) is 5.92 Å². The first-order valence-electron chi connectivity index (χ1n) is 15.2. The van der Waals surface area contributed by atoms with Gasteiger partial charge in [0.05, 0.1) is 18.7 Å². The molecule has 2 aliphatic rings. The number of methoxy groups -OCH3 is 1. The van der Waals surface area contributed by atoms with Crippen molar-refractivity contribution in [2.45, 2.75) is 63.6 Å². The summed E-state index contributed by atoms with van der Waals surface area (Å²) < 4.78 is 46.2. The van der Waals surface area contributed by atoms with Crippen molar-refractivity contribution < 1.29 is 32.3 Å². The van der Waals surface area contributed by atoms with Gasteiger partial charge in [-0.1, -0.05) is 12.1 Å². The van der Waals surface area contributed by atoms with Crippen molar-refractivity contribution in [3.05, 3.63) is 47.3 Å². The lowest BCUT2D eigenvalue weighted by Crippen LogP contribution is -2.44. The van der Waals surface area contributed by atoms with E-state index in [0.717, 1.165) is 24.8 Å². The summed E-state index contributed by atoms with van der Waals surface area (Å²) >= 11 is 0. The average Bonchev–Trinajstić information content (AvgIpc) is 3.54. The van der Waals surface area contributed by atoms with E-state index in [1.54, 1.807) is 23.1 Å². The largest absolute Gasteiger partial charge is 0.468 e. The Morgan fingerprint density at radius 2 is 1.76 bits per heavy atom. The fraction of sp³-hybridized carbons (Fsp3) is 0.548. The van der Waals surface area contributed by atoms with Crippen LogP contribution in [0.2, 0.25) is 0 Å². The molecule has 1 aromatic carbocycles. The number of esters is 1. The van der Waals surface area contributed by atoms with Crippen LogP contribution in [0.4, 0.5) is 24.8 Å².